The molecule has 1 amide bonds. The van der Waals surface area contributed by atoms with Gasteiger partial charge in [-0.25, -0.2) is 0 Å². The van der Waals surface area contributed by atoms with Crippen LogP contribution >= 0.6 is 0 Å². The molecule has 1 atom stereocenters. The molecule has 6 nitrogen and oxygen atoms in total. The Morgan fingerprint density at radius 1 is 1.36 bits per heavy atom. The minimum Gasteiger partial charge on any atom is -0.497 e. The van der Waals surface area contributed by atoms with Gasteiger partial charge >= 0.3 is 0 Å². The van der Waals surface area contributed by atoms with Crippen LogP contribution in [0.2, 0.25) is 0 Å². The Labute approximate surface area is 145 Å². The van der Waals surface area contributed by atoms with Gasteiger partial charge in [0.1, 0.15) is 5.75 Å². The minimum absolute atomic E-state index is 0.0181. The van der Waals surface area contributed by atoms with E-state index in [1.807, 2.05) is 30.0 Å². The van der Waals surface area contributed by atoms with Gasteiger partial charge < -0.3 is 14.6 Å². The zero-order valence-electron chi connectivity index (χ0n) is 14.3. The maximum Gasteiger partial charge on any atom is 0.256 e. The average Bonchev–Trinajstić information content (AvgIpc) is 3.27. The lowest BCUT2D eigenvalue weighted by Gasteiger charge is -2.24. The molecule has 1 aliphatic rings. The summed E-state index contributed by atoms with van der Waals surface area (Å²) in [7, 11) is 1.63. The number of nitrogens with one attached hydrogen (secondary N) is 1. The van der Waals surface area contributed by atoms with Gasteiger partial charge in [-0.2, -0.15) is 0 Å². The van der Waals surface area contributed by atoms with Gasteiger partial charge in [-0.1, -0.05) is 0 Å². The van der Waals surface area contributed by atoms with E-state index in [0.717, 1.165) is 47.4 Å². The fourth-order valence-electron chi connectivity index (χ4n) is 3.52. The van der Waals surface area contributed by atoms with Crippen molar-refractivity contribution < 1.29 is 9.53 Å². The van der Waals surface area contributed by atoms with Gasteiger partial charge in [0.05, 0.1) is 36.3 Å². The third-order valence-electron chi connectivity index (χ3n) is 4.75. The number of rotatable bonds is 3. The predicted molar refractivity (Wildman–Crippen MR) is 94.6 cm³/mol. The molecule has 0 aliphatic carbocycles. The second kappa shape index (κ2) is 6.20. The van der Waals surface area contributed by atoms with Crippen LogP contribution in [0.3, 0.4) is 0 Å². The molecule has 0 radical (unpaired) electrons. The number of benzene rings is 1. The molecule has 1 N–H and O–H groups in total. The van der Waals surface area contributed by atoms with Gasteiger partial charge in [0.25, 0.3) is 5.91 Å². The lowest BCUT2D eigenvalue weighted by molar-refractivity contribution is 0.0734. The molecule has 0 spiro atoms. The first-order valence-corrected chi connectivity index (χ1v) is 8.42. The third-order valence-corrected chi connectivity index (χ3v) is 4.75. The van der Waals surface area contributed by atoms with Gasteiger partial charge in [-0.15, -0.1) is 0 Å². The van der Waals surface area contributed by atoms with E-state index in [-0.39, 0.29) is 11.9 Å². The molecule has 25 heavy (non-hydrogen) atoms. The van der Waals surface area contributed by atoms with Crippen molar-refractivity contribution in [1.82, 2.24) is 19.9 Å². The first kappa shape index (κ1) is 15.6. The number of hydrogen-bond donors (Lipinski definition) is 1. The second-order valence-corrected chi connectivity index (χ2v) is 6.36. The molecular formula is C19H20N4O2. The fraction of sp³-hybridized carbons (Fsp3) is 0.316. The number of aromatic amines is 1. The zero-order chi connectivity index (χ0) is 17.4. The molecule has 6 heteroatoms. The Morgan fingerprint density at radius 3 is 3.04 bits per heavy atom. The smallest absolute Gasteiger partial charge is 0.256 e. The summed E-state index contributed by atoms with van der Waals surface area (Å²) in [5, 5.41) is 0.880. The summed E-state index contributed by atoms with van der Waals surface area (Å²) in [5.41, 5.74) is 3.33. The number of likely N-dealkylation sites (tertiary alicyclic amines) is 1. The van der Waals surface area contributed by atoms with Gasteiger partial charge in [-0.05, 0) is 38.0 Å². The van der Waals surface area contributed by atoms with E-state index < -0.39 is 0 Å². The molecule has 1 saturated heterocycles. The number of nitrogens with zero attached hydrogens (tertiary/aromatic N) is 3. The number of amides is 1. The molecule has 3 heterocycles. The first-order chi connectivity index (χ1) is 12.2. The highest BCUT2D eigenvalue weighted by Gasteiger charge is 2.32. The van der Waals surface area contributed by atoms with E-state index in [1.165, 1.54) is 0 Å². The highest BCUT2D eigenvalue weighted by Crippen LogP contribution is 2.33. The van der Waals surface area contributed by atoms with Crippen LogP contribution < -0.4 is 4.74 Å². The summed E-state index contributed by atoms with van der Waals surface area (Å²) in [5.74, 6) is 0.758. The van der Waals surface area contributed by atoms with Crippen LogP contribution in [0.25, 0.3) is 10.9 Å². The molecule has 1 aromatic carbocycles. The monoisotopic (exact) mass is 336 g/mol. The Bertz CT molecular complexity index is 934. The van der Waals surface area contributed by atoms with Crippen LogP contribution in [0.4, 0.5) is 0 Å². The Balaban J connectivity index is 1.70. The molecule has 128 valence electrons. The molecular weight excluding hydrogens is 316 g/mol. The summed E-state index contributed by atoms with van der Waals surface area (Å²) in [6.45, 7) is 2.65. The van der Waals surface area contributed by atoms with Crippen molar-refractivity contribution >= 4 is 16.8 Å². The summed E-state index contributed by atoms with van der Waals surface area (Å²) < 4.78 is 5.30. The van der Waals surface area contributed by atoms with E-state index in [0.29, 0.717) is 5.56 Å². The molecule has 3 aromatic rings. The molecule has 0 saturated carbocycles. The SMILES string of the molecule is COc1ccc2[nH]cc(C(=O)N3CCCC3c3cncc(C)n3)c2c1. The maximum atomic E-state index is 13.2. The van der Waals surface area contributed by atoms with Crippen molar-refractivity contribution in [3.05, 3.63) is 53.7 Å². The zero-order valence-corrected chi connectivity index (χ0v) is 14.3. The summed E-state index contributed by atoms with van der Waals surface area (Å²) in [4.78, 5) is 27.1. The first-order valence-electron chi connectivity index (χ1n) is 8.42. The van der Waals surface area contributed by atoms with Crippen LogP contribution in [-0.2, 0) is 0 Å². The number of carbonyl (C=O) groups is 1. The Hall–Kier alpha value is -2.89. The highest BCUT2D eigenvalue weighted by atomic mass is 16.5. The van der Waals surface area contributed by atoms with Gasteiger partial charge in [-0.3, -0.25) is 14.8 Å². The summed E-state index contributed by atoms with van der Waals surface area (Å²) in [6, 6.07) is 5.69. The van der Waals surface area contributed by atoms with E-state index in [9.17, 15) is 4.79 Å². The number of aromatic nitrogens is 3. The number of H-pyrrole nitrogens is 1. The van der Waals surface area contributed by atoms with Gasteiger partial charge in [0.2, 0.25) is 0 Å². The summed E-state index contributed by atoms with van der Waals surface area (Å²) >= 11 is 0. The predicted octanol–water partition coefficient (Wildman–Crippen LogP) is 3.25. The van der Waals surface area contributed by atoms with Crippen molar-refractivity contribution in [3.63, 3.8) is 0 Å². The van der Waals surface area contributed by atoms with Crippen molar-refractivity contribution in [1.29, 1.82) is 0 Å². The van der Waals surface area contributed by atoms with E-state index in [1.54, 1.807) is 25.7 Å². The Kier molecular flexibility index (Phi) is 3.87. The molecule has 1 unspecified atom stereocenters. The van der Waals surface area contributed by atoms with E-state index >= 15 is 0 Å². The van der Waals surface area contributed by atoms with Crippen molar-refractivity contribution in [2.24, 2.45) is 0 Å². The third kappa shape index (κ3) is 2.73. The van der Waals surface area contributed by atoms with Crippen LogP contribution in [0, 0.1) is 6.92 Å². The summed E-state index contributed by atoms with van der Waals surface area (Å²) in [6.07, 6.45) is 7.16. The number of aryl methyl sites for hydroxylation is 1. The fourth-order valence-corrected chi connectivity index (χ4v) is 3.52. The van der Waals surface area contributed by atoms with Crippen molar-refractivity contribution in [2.75, 3.05) is 13.7 Å². The number of carbonyl (C=O) groups excluding carboxylic acids is 1. The number of hydrogen-bond acceptors (Lipinski definition) is 4. The van der Waals surface area contributed by atoms with Crippen LogP contribution in [0.15, 0.2) is 36.8 Å². The van der Waals surface area contributed by atoms with Crippen molar-refractivity contribution in [3.8, 4) is 5.75 Å². The number of ether oxygens (including phenoxy) is 1. The normalized spacial score (nSPS) is 17.2. The quantitative estimate of drug-likeness (QED) is 0.797. The molecule has 1 aliphatic heterocycles. The molecule has 2 aromatic heterocycles. The second-order valence-electron chi connectivity index (χ2n) is 6.36. The maximum absolute atomic E-state index is 13.2. The van der Waals surface area contributed by atoms with Crippen LogP contribution in [-0.4, -0.2) is 39.4 Å². The van der Waals surface area contributed by atoms with E-state index in [4.69, 9.17) is 4.74 Å². The molecule has 0 bridgehead atoms. The minimum atomic E-state index is -0.0181. The Morgan fingerprint density at radius 2 is 2.24 bits per heavy atom. The molecule has 4 rings (SSSR count). The average molecular weight is 336 g/mol. The lowest BCUT2D eigenvalue weighted by Crippen LogP contribution is -2.31. The van der Waals surface area contributed by atoms with Crippen molar-refractivity contribution in [2.45, 2.75) is 25.8 Å². The number of methoxy groups -OCH3 is 1. The molecule has 1 fully saturated rings. The van der Waals surface area contributed by atoms with Crippen LogP contribution in [0.1, 0.15) is 40.6 Å². The highest BCUT2D eigenvalue weighted by molar-refractivity contribution is 6.07. The van der Waals surface area contributed by atoms with Crippen LogP contribution in [0.5, 0.6) is 5.75 Å². The topological polar surface area (TPSA) is 71.1 Å². The van der Waals surface area contributed by atoms with Gasteiger partial charge in [0.15, 0.2) is 0 Å². The number of fused-ring (bicyclic) bond motifs is 1. The van der Waals surface area contributed by atoms with E-state index in [2.05, 4.69) is 15.0 Å². The lowest BCUT2D eigenvalue weighted by atomic mass is 10.1. The van der Waals surface area contributed by atoms with Gasteiger partial charge in [0, 0.05) is 29.8 Å². The largest absolute Gasteiger partial charge is 0.497 e. The standard InChI is InChI=1S/C19H20N4O2/c1-12-9-20-11-17(22-12)18-4-3-7-23(18)19(24)15-10-21-16-6-5-13(25-2)8-14(15)16/h5-6,8-11,18,21H,3-4,7H2,1-2H3.